The summed E-state index contributed by atoms with van der Waals surface area (Å²) in [4.78, 5) is 35.3. The molecule has 41 heavy (non-hydrogen) atoms. The van der Waals surface area contributed by atoms with E-state index in [1.165, 1.54) is 36.7 Å². The maximum absolute atomic E-state index is 13.5. The topological polar surface area (TPSA) is 105 Å². The highest BCUT2D eigenvalue weighted by Gasteiger charge is 2.19. The van der Waals surface area contributed by atoms with Gasteiger partial charge in [0.15, 0.2) is 17.3 Å². The van der Waals surface area contributed by atoms with Crippen LogP contribution in [0.3, 0.4) is 0 Å². The number of Topliss-reactive ketones (excluding diaryl/α,β-unsaturated/α-hetero) is 1. The van der Waals surface area contributed by atoms with Crippen LogP contribution in [0.2, 0.25) is 0 Å². The van der Waals surface area contributed by atoms with E-state index in [9.17, 15) is 14.0 Å². The van der Waals surface area contributed by atoms with Crippen molar-refractivity contribution in [3.8, 4) is 34.3 Å². The predicted octanol–water partition coefficient (Wildman–Crippen LogP) is 5.81. The number of methoxy groups -OCH3 is 2. The number of fused-ring (bicyclic) bond motifs is 1. The van der Waals surface area contributed by atoms with Crippen molar-refractivity contribution in [2.75, 3.05) is 14.2 Å². The van der Waals surface area contributed by atoms with E-state index in [0.717, 1.165) is 5.39 Å². The number of benzene rings is 2. The number of ether oxygens (including phenoxy) is 3. The van der Waals surface area contributed by atoms with Gasteiger partial charge in [0.2, 0.25) is 5.43 Å². The van der Waals surface area contributed by atoms with E-state index in [4.69, 9.17) is 14.2 Å². The Hall–Kier alpha value is -5.12. The third kappa shape index (κ3) is 5.76. The standard InChI is InChI=1S/C31H27FN4O5/c1-18(2)36-17-24(31(38)30(35-36)19-5-7-20(32)8-6-19)26(37)13-21-9-10-22(16-34-21)41-27-11-12-33-25-15-29(40-4)28(39-3)14-23(25)27/h5-12,14-18H,13H2,1-4H3. The first-order valence-electron chi connectivity index (χ1n) is 12.8. The van der Waals surface area contributed by atoms with E-state index >= 15 is 0 Å². The monoisotopic (exact) mass is 554 g/mol. The fraction of sp³-hybridized carbons (Fsp3) is 0.194. The lowest BCUT2D eigenvalue weighted by molar-refractivity contribution is 0.0989. The summed E-state index contributed by atoms with van der Waals surface area (Å²) >= 11 is 0. The van der Waals surface area contributed by atoms with Gasteiger partial charge in [-0.05, 0) is 62.4 Å². The molecule has 208 valence electrons. The normalized spacial score (nSPS) is 11.1. The Morgan fingerprint density at radius 2 is 1.68 bits per heavy atom. The lowest BCUT2D eigenvalue weighted by atomic mass is 10.0. The van der Waals surface area contributed by atoms with Gasteiger partial charge in [-0.15, -0.1) is 0 Å². The maximum Gasteiger partial charge on any atom is 0.218 e. The zero-order valence-corrected chi connectivity index (χ0v) is 22.9. The van der Waals surface area contributed by atoms with E-state index in [1.54, 1.807) is 55.4 Å². The molecule has 9 nitrogen and oxygen atoms in total. The van der Waals surface area contributed by atoms with E-state index in [1.807, 2.05) is 13.8 Å². The van der Waals surface area contributed by atoms with Gasteiger partial charge in [0, 0.05) is 41.1 Å². The molecule has 5 rings (SSSR count). The van der Waals surface area contributed by atoms with Crippen molar-refractivity contribution >= 4 is 16.7 Å². The highest BCUT2D eigenvalue weighted by molar-refractivity contribution is 5.97. The fourth-order valence-corrected chi connectivity index (χ4v) is 4.27. The van der Waals surface area contributed by atoms with Crippen molar-refractivity contribution in [3.63, 3.8) is 0 Å². The van der Waals surface area contributed by atoms with Crippen LogP contribution in [0.5, 0.6) is 23.0 Å². The summed E-state index contributed by atoms with van der Waals surface area (Å²) in [5.74, 6) is 1.26. The van der Waals surface area contributed by atoms with Gasteiger partial charge < -0.3 is 14.2 Å². The number of pyridine rings is 2. The molecule has 0 fully saturated rings. The van der Waals surface area contributed by atoms with Crippen LogP contribution in [0, 0.1) is 5.82 Å². The maximum atomic E-state index is 13.5. The fourth-order valence-electron chi connectivity index (χ4n) is 4.27. The molecule has 3 aromatic heterocycles. The summed E-state index contributed by atoms with van der Waals surface area (Å²) in [6.45, 7) is 3.78. The molecule has 2 aromatic carbocycles. The van der Waals surface area contributed by atoms with Crippen LogP contribution >= 0.6 is 0 Å². The minimum Gasteiger partial charge on any atom is -0.493 e. The number of halogens is 1. The predicted molar refractivity (Wildman–Crippen MR) is 151 cm³/mol. The molecule has 0 aliphatic carbocycles. The zero-order chi connectivity index (χ0) is 29.1. The van der Waals surface area contributed by atoms with Crippen LogP contribution in [0.4, 0.5) is 4.39 Å². The molecule has 0 atom stereocenters. The Labute approximate surface area is 235 Å². The summed E-state index contributed by atoms with van der Waals surface area (Å²) in [7, 11) is 3.11. The van der Waals surface area contributed by atoms with Gasteiger partial charge in [-0.2, -0.15) is 5.10 Å². The van der Waals surface area contributed by atoms with Gasteiger partial charge in [-0.1, -0.05) is 0 Å². The second-order valence-corrected chi connectivity index (χ2v) is 9.52. The van der Waals surface area contributed by atoms with E-state index in [2.05, 4.69) is 15.1 Å². The van der Waals surface area contributed by atoms with Crippen LogP contribution in [0.25, 0.3) is 22.2 Å². The molecule has 0 radical (unpaired) electrons. The van der Waals surface area contributed by atoms with Crippen LogP contribution in [-0.4, -0.2) is 39.8 Å². The smallest absolute Gasteiger partial charge is 0.218 e. The van der Waals surface area contributed by atoms with Gasteiger partial charge >= 0.3 is 0 Å². The molecule has 0 aliphatic heterocycles. The molecule has 0 aliphatic rings. The minimum atomic E-state index is -0.518. The third-order valence-corrected chi connectivity index (χ3v) is 6.46. The molecule has 0 spiro atoms. The molecule has 0 amide bonds. The van der Waals surface area contributed by atoms with E-state index < -0.39 is 17.0 Å². The quantitative estimate of drug-likeness (QED) is 0.210. The molecule has 0 N–H and O–H groups in total. The van der Waals surface area contributed by atoms with Crippen molar-refractivity contribution < 1.29 is 23.4 Å². The molecule has 0 saturated heterocycles. The Morgan fingerprint density at radius 1 is 0.951 bits per heavy atom. The molecule has 10 heteroatoms. The number of hydrogen-bond acceptors (Lipinski definition) is 8. The highest BCUT2D eigenvalue weighted by atomic mass is 19.1. The van der Waals surface area contributed by atoms with Crippen LogP contribution in [-0.2, 0) is 6.42 Å². The van der Waals surface area contributed by atoms with Gasteiger partial charge in [0.05, 0.1) is 37.9 Å². The van der Waals surface area contributed by atoms with Gasteiger partial charge in [0.25, 0.3) is 0 Å². The van der Waals surface area contributed by atoms with Gasteiger partial charge in [-0.3, -0.25) is 24.2 Å². The largest absolute Gasteiger partial charge is 0.493 e. The van der Waals surface area contributed by atoms with Crippen molar-refractivity contribution in [3.05, 3.63) is 100 Å². The first-order chi connectivity index (χ1) is 19.8. The molecule has 0 saturated carbocycles. The van der Waals surface area contributed by atoms with Crippen molar-refractivity contribution in [2.45, 2.75) is 26.3 Å². The van der Waals surface area contributed by atoms with E-state index in [-0.39, 0.29) is 23.7 Å². The minimum absolute atomic E-state index is 0.0113. The summed E-state index contributed by atoms with van der Waals surface area (Å²) < 4.78 is 31.8. The number of nitrogens with zero attached hydrogens (tertiary/aromatic N) is 4. The molecule has 0 unspecified atom stereocenters. The number of hydrogen-bond donors (Lipinski definition) is 0. The molecule has 0 bridgehead atoms. The Bertz CT molecular complexity index is 1780. The average molecular weight is 555 g/mol. The average Bonchev–Trinajstić information content (AvgIpc) is 2.98. The molecular formula is C31H27FN4O5. The summed E-state index contributed by atoms with van der Waals surface area (Å²) in [5.41, 5.74) is 1.11. The van der Waals surface area contributed by atoms with Crippen LogP contribution in [0.1, 0.15) is 35.9 Å². The number of aromatic nitrogens is 4. The number of ketones is 1. The van der Waals surface area contributed by atoms with Crippen molar-refractivity contribution in [1.29, 1.82) is 0 Å². The lowest BCUT2D eigenvalue weighted by Crippen LogP contribution is -2.24. The summed E-state index contributed by atoms with van der Waals surface area (Å²) in [6.07, 6.45) is 4.49. The third-order valence-electron chi connectivity index (χ3n) is 6.46. The molecular weight excluding hydrogens is 527 g/mol. The zero-order valence-electron chi connectivity index (χ0n) is 22.9. The molecule has 3 heterocycles. The lowest BCUT2D eigenvalue weighted by Gasteiger charge is -2.14. The first-order valence-corrected chi connectivity index (χ1v) is 12.8. The van der Waals surface area contributed by atoms with Crippen LogP contribution < -0.4 is 19.6 Å². The Kier molecular flexibility index (Phi) is 7.73. The van der Waals surface area contributed by atoms with E-state index in [0.29, 0.717) is 39.8 Å². The van der Waals surface area contributed by atoms with Crippen molar-refractivity contribution in [2.24, 2.45) is 0 Å². The van der Waals surface area contributed by atoms with Crippen molar-refractivity contribution in [1.82, 2.24) is 19.7 Å². The second-order valence-electron chi connectivity index (χ2n) is 9.52. The summed E-state index contributed by atoms with van der Waals surface area (Å²) in [6, 6.07) is 14.0. The Morgan fingerprint density at radius 3 is 2.34 bits per heavy atom. The van der Waals surface area contributed by atoms with Gasteiger partial charge in [-0.25, -0.2) is 4.39 Å². The first kappa shape index (κ1) is 27.4. The summed E-state index contributed by atoms with van der Waals surface area (Å²) in [5, 5.41) is 5.12. The number of carbonyl (C=O) groups excluding carboxylic acids is 1. The second kappa shape index (κ2) is 11.5. The number of rotatable bonds is 9. The van der Waals surface area contributed by atoms with Gasteiger partial charge in [0.1, 0.15) is 23.0 Å². The molecule has 5 aromatic rings. The number of carbonyl (C=O) groups is 1. The SMILES string of the molecule is COc1cc2nccc(Oc3ccc(CC(=O)c4cn(C(C)C)nc(-c5ccc(F)cc5)c4=O)nc3)c2cc1OC. The van der Waals surface area contributed by atoms with Crippen LogP contribution in [0.15, 0.2) is 78.0 Å². The highest BCUT2D eigenvalue weighted by Crippen LogP contribution is 2.36. The Balaban J connectivity index is 1.39.